The Morgan fingerprint density at radius 2 is 2.10 bits per heavy atom. The number of rotatable bonds is 4. The number of carbonyl (C=O) groups is 1. The number of nitrogens with one attached hydrogen (secondary N) is 1. The first-order valence-corrected chi connectivity index (χ1v) is 7.13. The summed E-state index contributed by atoms with van der Waals surface area (Å²) in [6.07, 6.45) is 0. The smallest absolute Gasteiger partial charge is 0.314 e. The Hall–Kier alpha value is -1.39. The lowest BCUT2D eigenvalue weighted by Crippen LogP contribution is -2.59. The summed E-state index contributed by atoms with van der Waals surface area (Å²) in [5.41, 5.74) is 1.08. The number of nitrogens with zero attached hydrogens (tertiary/aromatic N) is 1. The van der Waals surface area contributed by atoms with E-state index < -0.39 is 0 Å². The molecular weight excluding hydrogens is 252 g/mol. The van der Waals surface area contributed by atoms with Crippen molar-refractivity contribution >= 4 is 5.97 Å². The summed E-state index contributed by atoms with van der Waals surface area (Å²) in [6, 6.07) is 9.89. The van der Waals surface area contributed by atoms with Crippen molar-refractivity contribution in [3.05, 3.63) is 35.9 Å². The lowest BCUT2D eigenvalue weighted by molar-refractivity contribution is -0.143. The van der Waals surface area contributed by atoms with Crippen molar-refractivity contribution < 1.29 is 9.53 Å². The fraction of sp³-hybridized carbons (Fsp3) is 0.562. The van der Waals surface area contributed by atoms with Gasteiger partial charge >= 0.3 is 5.97 Å². The van der Waals surface area contributed by atoms with Crippen LogP contribution < -0.4 is 5.32 Å². The Morgan fingerprint density at radius 1 is 1.40 bits per heavy atom. The minimum Gasteiger partial charge on any atom is -0.469 e. The van der Waals surface area contributed by atoms with E-state index in [1.807, 2.05) is 30.3 Å². The predicted molar refractivity (Wildman–Crippen MR) is 79.7 cm³/mol. The van der Waals surface area contributed by atoms with Gasteiger partial charge in [0.2, 0.25) is 0 Å². The van der Waals surface area contributed by atoms with Gasteiger partial charge in [0, 0.05) is 31.7 Å². The average molecular weight is 276 g/mol. The molecule has 110 valence electrons. The van der Waals surface area contributed by atoms with Crippen LogP contribution in [0.5, 0.6) is 0 Å². The van der Waals surface area contributed by atoms with Crippen LogP contribution in [0, 0.1) is 0 Å². The number of piperazine rings is 1. The third-order valence-electron chi connectivity index (χ3n) is 4.06. The summed E-state index contributed by atoms with van der Waals surface area (Å²) in [5, 5.41) is 3.40. The Bertz CT molecular complexity index is 445. The zero-order valence-electron chi connectivity index (χ0n) is 12.6. The Balaban J connectivity index is 2.18. The minimum absolute atomic E-state index is 0.0549. The van der Waals surface area contributed by atoms with E-state index in [2.05, 4.69) is 24.1 Å². The molecular formula is C16H24N2O2. The normalized spacial score (nSPS) is 20.4. The van der Waals surface area contributed by atoms with Gasteiger partial charge in [-0.1, -0.05) is 30.3 Å². The van der Waals surface area contributed by atoms with E-state index in [1.54, 1.807) is 0 Å². The molecule has 1 unspecified atom stereocenters. The number of esters is 1. The predicted octanol–water partition coefficient (Wildman–Crippen LogP) is 1.63. The van der Waals surface area contributed by atoms with Crippen molar-refractivity contribution in [1.82, 2.24) is 10.2 Å². The van der Waals surface area contributed by atoms with Gasteiger partial charge in [-0.3, -0.25) is 9.69 Å². The van der Waals surface area contributed by atoms with Gasteiger partial charge in [0.15, 0.2) is 0 Å². The first-order valence-electron chi connectivity index (χ1n) is 7.13. The molecule has 1 aromatic carbocycles. The third kappa shape index (κ3) is 3.38. The fourth-order valence-corrected chi connectivity index (χ4v) is 2.73. The van der Waals surface area contributed by atoms with E-state index in [1.165, 1.54) is 7.11 Å². The molecule has 0 saturated carbocycles. The molecule has 0 radical (unpaired) electrons. The van der Waals surface area contributed by atoms with Crippen molar-refractivity contribution in [2.75, 3.05) is 33.3 Å². The molecule has 1 aliphatic heterocycles. The quantitative estimate of drug-likeness (QED) is 0.849. The van der Waals surface area contributed by atoms with E-state index in [9.17, 15) is 4.79 Å². The monoisotopic (exact) mass is 276 g/mol. The molecule has 0 amide bonds. The van der Waals surface area contributed by atoms with Gasteiger partial charge in [-0.15, -0.1) is 0 Å². The van der Waals surface area contributed by atoms with Crippen LogP contribution in [-0.4, -0.2) is 49.7 Å². The SMILES string of the molecule is COC(=O)C(CN1CCNCC1(C)C)c1ccccc1. The second kappa shape index (κ2) is 6.37. The summed E-state index contributed by atoms with van der Waals surface area (Å²) in [5.74, 6) is -0.385. The van der Waals surface area contributed by atoms with Crippen molar-refractivity contribution in [2.45, 2.75) is 25.3 Å². The lowest BCUT2D eigenvalue weighted by atomic mass is 9.94. The fourth-order valence-electron chi connectivity index (χ4n) is 2.73. The van der Waals surface area contributed by atoms with Crippen LogP contribution >= 0.6 is 0 Å². The molecule has 1 saturated heterocycles. The number of methoxy groups -OCH3 is 1. The lowest BCUT2D eigenvalue weighted by Gasteiger charge is -2.44. The molecule has 0 aromatic heterocycles. The Kier molecular flexibility index (Phi) is 4.78. The second-order valence-electron chi connectivity index (χ2n) is 5.92. The summed E-state index contributed by atoms with van der Waals surface area (Å²) >= 11 is 0. The van der Waals surface area contributed by atoms with Gasteiger partial charge in [-0.2, -0.15) is 0 Å². The van der Waals surface area contributed by atoms with E-state index in [0.717, 1.165) is 25.2 Å². The minimum atomic E-state index is -0.224. The molecule has 1 fully saturated rings. The van der Waals surface area contributed by atoms with Crippen LogP contribution in [-0.2, 0) is 9.53 Å². The molecule has 1 aliphatic rings. The van der Waals surface area contributed by atoms with Crippen LogP contribution in [0.1, 0.15) is 25.3 Å². The van der Waals surface area contributed by atoms with Crippen molar-refractivity contribution in [3.8, 4) is 0 Å². The second-order valence-corrected chi connectivity index (χ2v) is 5.92. The van der Waals surface area contributed by atoms with Gasteiger partial charge < -0.3 is 10.1 Å². The number of hydrogen-bond acceptors (Lipinski definition) is 4. The zero-order valence-corrected chi connectivity index (χ0v) is 12.6. The molecule has 4 heteroatoms. The molecule has 0 spiro atoms. The summed E-state index contributed by atoms with van der Waals surface area (Å²) in [7, 11) is 1.46. The zero-order chi connectivity index (χ0) is 14.6. The summed E-state index contributed by atoms with van der Waals surface area (Å²) in [4.78, 5) is 14.5. The van der Waals surface area contributed by atoms with Crippen LogP contribution in [0.3, 0.4) is 0 Å². The Labute approximate surface area is 121 Å². The number of benzene rings is 1. The maximum atomic E-state index is 12.1. The topological polar surface area (TPSA) is 41.6 Å². The van der Waals surface area contributed by atoms with Crippen molar-refractivity contribution in [1.29, 1.82) is 0 Å². The number of hydrogen-bond donors (Lipinski definition) is 1. The highest BCUT2D eigenvalue weighted by atomic mass is 16.5. The maximum Gasteiger partial charge on any atom is 0.314 e. The van der Waals surface area contributed by atoms with Crippen LogP contribution in [0.15, 0.2) is 30.3 Å². The standard InChI is InChI=1S/C16H24N2O2/c1-16(2)12-17-9-10-18(16)11-14(15(19)20-3)13-7-5-4-6-8-13/h4-8,14,17H,9-12H2,1-3H3. The Morgan fingerprint density at radius 3 is 2.70 bits per heavy atom. The van der Waals surface area contributed by atoms with Crippen LogP contribution in [0.25, 0.3) is 0 Å². The van der Waals surface area contributed by atoms with Crippen molar-refractivity contribution in [2.24, 2.45) is 0 Å². The largest absolute Gasteiger partial charge is 0.469 e. The highest BCUT2D eigenvalue weighted by molar-refractivity contribution is 5.78. The number of carbonyl (C=O) groups excluding carboxylic acids is 1. The molecule has 0 aliphatic carbocycles. The van der Waals surface area contributed by atoms with E-state index in [0.29, 0.717) is 6.54 Å². The molecule has 1 N–H and O–H groups in total. The summed E-state index contributed by atoms with van der Waals surface area (Å²) in [6.45, 7) is 7.97. The molecule has 1 aromatic rings. The van der Waals surface area contributed by atoms with Gasteiger partial charge in [0.1, 0.15) is 0 Å². The molecule has 2 rings (SSSR count). The van der Waals surface area contributed by atoms with E-state index in [4.69, 9.17) is 4.74 Å². The molecule has 1 atom stereocenters. The first-order chi connectivity index (χ1) is 9.54. The summed E-state index contributed by atoms with van der Waals surface area (Å²) < 4.78 is 5.00. The van der Waals surface area contributed by atoms with Crippen LogP contribution in [0.2, 0.25) is 0 Å². The van der Waals surface area contributed by atoms with Gasteiger partial charge in [-0.05, 0) is 19.4 Å². The average Bonchev–Trinajstić information content (AvgIpc) is 2.46. The maximum absolute atomic E-state index is 12.1. The van der Waals surface area contributed by atoms with E-state index >= 15 is 0 Å². The molecule has 0 bridgehead atoms. The molecule has 4 nitrogen and oxygen atoms in total. The third-order valence-corrected chi connectivity index (χ3v) is 4.06. The van der Waals surface area contributed by atoms with Crippen LogP contribution in [0.4, 0.5) is 0 Å². The van der Waals surface area contributed by atoms with Crippen molar-refractivity contribution in [3.63, 3.8) is 0 Å². The number of ether oxygens (including phenoxy) is 1. The van der Waals surface area contributed by atoms with Gasteiger partial charge in [0.25, 0.3) is 0 Å². The molecule has 20 heavy (non-hydrogen) atoms. The van der Waals surface area contributed by atoms with Gasteiger partial charge in [-0.25, -0.2) is 0 Å². The first kappa shape index (κ1) is 15.0. The highest BCUT2D eigenvalue weighted by Gasteiger charge is 2.33. The molecule has 1 heterocycles. The highest BCUT2D eigenvalue weighted by Crippen LogP contribution is 2.24. The van der Waals surface area contributed by atoms with Gasteiger partial charge in [0.05, 0.1) is 13.0 Å². The van der Waals surface area contributed by atoms with E-state index in [-0.39, 0.29) is 17.4 Å².